The second-order valence-corrected chi connectivity index (χ2v) is 4.58. The Hall–Kier alpha value is -1.46. The molecule has 1 heterocycles. The van der Waals surface area contributed by atoms with Crippen LogP contribution < -0.4 is 0 Å². The highest BCUT2D eigenvalue weighted by Crippen LogP contribution is 2.40. The van der Waals surface area contributed by atoms with Crippen LogP contribution in [-0.4, -0.2) is 21.9 Å². The third kappa shape index (κ3) is 2.86. The summed E-state index contributed by atoms with van der Waals surface area (Å²) in [4.78, 5) is 19.5. The quantitative estimate of drug-likeness (QED) is 0.766. The van der Waals surface area contributed by atoms with Gasteiger partial charge in [-0.05, 0) is 25.7 Å². The molecular weight excluding hydrogens is 245 g/mol. The Bertz CT molecular complexity index is 411. The van der Waals surface area contributed by atoms with Crippen LogP contribution in [0.5, 0.6) is 0 Å². The predicted molar refractivity (Wildman–Crippen MR) is 57.9 cm³/mol. The molecule has 0 amide bonds. The Morgan fingerprint density at radius 3 is 2.17 bits per heavy atom. The number of nitrogens with zero attached hydrogens (tertiary/aromatic N) is 2. The van der Waals surface area contributed by atoms with Crippen molar-refractivity contribution < 1.29 is 18.0 Å². The lowest BCUT2D eigenvalue weighted by Crippen LogP contribution is -2.30. The molecule has 1 fully saturated rings. The molecule has 0 spiro atoms. The lowest BCUT2D eigenvalue weighted by molar-refractivity contribution is -0.183. The molecule has 1 aliphatic carbocycles. The number of ketones is 1. The summed E-state index contributed by atoms with van der Waals surface area (Å²) >= 11 is 0. The Balaban J connectivity index is 1.96. The molecule has 0 aromatic carbocycles. The minimum Gasteiger partial charge on any atom is -0.294 e. The van der Waals surface area contributed by atoms with Gasteiger partial charge in [-0.1, -0.05) is 0 Å². The van der Waals surface area contributed by atoms with Gasteiger partial charge in [0.1, 0.15) is 6.33 Å². The molecule has 1 aromatic heterocycles. The van der Waals surface area contributed by atoms with E-state index in [9.17, 15) is 18.0 Å². The number of carbonyl (C=O) groups is 1. The molecule has 1 aliphatic rings. The van der Waals surface area contributed by atoms with Crippen LogP contribution in [0, 0.1) is 11.8 Å². The molecule has 2 rings (SSSR count). The summed E-state index contributed by atoms with van der Waals surface area (Å²) in [6.45, 7) is 0. The number of alkyl halides is 3. The van der Waals surface area contributed by atoms with Gasteiger partial charge in [-0.3, -0.25) is 4.79 Å². The summed E-state index contributed by atoms with van der Waals surface area (Å²) in [5.74, 6) is -1.72. The van der Waals surface area contributed by atoms with Gasteiger partial charge < -0.3 is 0 Å². The Morgan fingerprint density at radius 2 is 1.67 bits per heavy atom. The van der Waals surface area contributed by atoms with Gasteiger partial charge in [-0.25, -0.2) is 9.97 Å². The first-order valence-electron chi connectivity index (χ1n) is 5.84. The molecule has 6 heteroatoms. The highest BCUT2D eigenvalue weighted by Gasteiger charge is 2.42. The maximum atomic E-state index is 12.5. The van der Waals surface area contributed by atoms with E-state index in [-0.39, 0.29) is 37.4 Å². The molecular formula is C12H13F3N2O. The second kappa shape index (κ2) is 5.04. The minimum absolute atomic E-state index is 0.0353. The zero-order chi connectivity index (χ0) is 13.2. The molecule has 0 radical (unpaired) electrons. The van der Waals surface area contributed by atoms with Gasteiger partial charge in [0.25, 0.3) is 0 Å². The summed E-state index contributed by atoms with van der Waals surface area (Å²) in [5.41, 5.74) is 0.382. The van der Waals surface area contributed by atoms with E-state index in [0.29, 0.717) is 5.56 Å². The Kier molecular flexibility index (Phi) is 3.63. The van der Waals surface area contributed by atoms with E-state index in [1.165, 1.54) is 18.7 Å². The van der Waals surface area contributed by atoms with Crippen molar-refractivity contribution in [1.29, 1.82) is 0 Å². The van der Waals surface area contributed by atoms with Gasteiger partial charge in [-0.2, -0.15) is 13.2 Å². The summed E-state index contributed by atoms with van der Waals surface area (Å²) in [5, 5.41) is 0. The van der Waals surface area contributed by atoms with Gasteiger partial charge in [0.05, 0.1) is 11.5 Å². The Morgan fingerprint density at radius 1 is 1.11 bits per heavy atom. The van der Waals surface area contributed by atoms with E-state index in [2.05, 4.69) is 9.97 Å². The largest absolute Gasteiger partial charge is 0.391 e. The standard InChI is InChI=1S/C12H13F3N2O/c13-12(14,15)10-3-1-8(2-4-10)11(18)9-5-16-7-17-6-9/h5-8,10H,1-4H2. The molecule has 0 aliphatic heterocycles. The fourth-order valence-corrected chi connectivity index (χ4v) is 2.34. The van der Waals surface area contributed by atoms with Crippen LogP contribution in [0.1, 0.15) is 36.0 Å². The van der Waals surface area contributed by atoms with Gasteiger partial charge in [0.2, 0.25) is 0 Å². The molecule has 0 unspecified atom stereocenters. The van der Waals surface area contributed by atoms with Crippen molar-refractivity contribution in [1.82, 2.24) is 9.97 Å². The number of Topliss-reactive ketones (excluding diaryl/α,β-unsaturated/α-hetero) is 1. The van der Waals surface area contributed by atoms with Gasteiger partial charge in [0.15, 0.2) is 5.78 Å². The third-order valence-electron chi connectivity index (χ3n) is 3.41. The predicted octanol–water partition coefficient (Wildman–Crippen LogP) is 3.03. The van der Waals surface area contributed by atoms with Crippen LogP contribution in [0.4, 0.5) is 13.2 Å². The number of hydrogen-bond acceptors (Lipinski definition) is 3. The van der Waals surface area contributed by atoms with Crippen LogP contribution >= 0.6 is 0 Å². The first kappa shape index (κ1) is 13.0. The summed E-state index contributed by atoms with van der Waals surface area (Å²) in [6, 6.07) is 0. The molecule has 1 aromatic rings. The lowest BCUT2D eigenvalue weighted by atomic mass is 9.78. The molecule has 1 saturated carbocycles. The van der Waals surface area contributed by atoms with E-state index in [4.69, 9.17) is 0 Å². The van der Waals surface area contributed by atoms with Crippen LogP contribution in [0.2, 0.25) is 0 Å². The molecule has 0 saturated heterocycles. The summed E-state index contributed by atoms with van der Waals surface area (Å²) in [6.07, 6.45) is 0.647. The zero-order valence-electron chi connectivity index (χ0n) is 9.65. The van der Waals surface area contributed by atoms with E-state index in [0.717, 1.165) is 0 Å². The molecule has 3 nitrogen and oxygen atoms in total. The highest BCUT2D eigenvalue weighted by molar-refractivity contribution is 5.97. The number of aromatic nitrogens is 2. The smallest absolute Gasteiger partial charge is 0.294 e. The van der Waals surface area contributed by atoms with E-state index >= 15 is 0 Å². The van der Waals surface area contributed by atoms with Gasteiger partial charge in [0, 0.05) is 18.3 Å². The van der Waals surface area contributed by atoms with Crippen LogP contribution in [0.15, 0.2) is 18.7 Å². The van der Waals surface area contributed by atoms with Crippen molar-refractivity contribution in [3.8, 4) is 0 Å². The van der Waals surface area contributed by atoms with E-state index < -0.39 is 12.1 Å². The van der Waals surface area contributed by atoms with Crippen LogP contribution in [-0.2, 0) is 0 Å². The number of rotatable bonds is 2. The van der Waals surface area contributed by atoms with Crippen molar-refractivity contribution >= 4 is 5.78 Å². The van der Waals surface area contributed by atoms with Crippen LogP contribution in [0.3, 0.4) is 0 Å². The molecule has 98 valence electrons. The second-order valence-electron chi connectivity index (χ2n) is 4.58. The minimum atomic E-state index is -4.14. The molecule has 0 N–H and O–H groups in total. The van der Waals surface area contributed by atoms with Crippen molar-refractivity contribution in [3.63, 3.8) is 0 Å². The van der Waals surface area contributed by atoms with Crippen molar-refractivity contribution in [2.45, 2.75) is 31.9 Å². The monoisotopic (exact) mass is 258 g/mol. The first-order valence-corrected chi connectivity index (χ1v) is 5.84. The summed E-state index contributed by atoms with van der Waals surface area (Å²) in [7, 11) is 0. The van der Waals surface area contributed by atoms with E-state index in [1.807, 2.05) is 0 Å². The number of hydrogen-bond donors (Lipinski definition) is 0. The van der Waals surface area contributed by atoms with E-state index in [1.54, 1.807) is 0 Å². The average molecular weight is 258 g/mol. The fraction of sp³-hybridized carbons (Fsp3) is 0.583. The lowest BCUT2D eigenvalue weighted by Gasteiger charge is -2.28. The Labute approximate surface area is 102 Å². The normalized spacial score (nSPS) is 24.8. The maximum Gasteiger partial charge on any atom is 0.391 e. The molecule has 0 bridgehead atoms. The average Bonchev–Trinajstić information content (AvgIpc) is 2.38. The fourth-order valence-electron chi connectivity index (χ4n) is 2.34. The topological polar surface area (TPSA) is 42.9 Å². The summed E-state index contributed by atoms with van der Waals surface area (Å²) < 4.78 is 37.5. The molecule has 18 heavy (non-hydrogen) atoms. The van der Waals surface area contributed by atoms with Crippen molar-refractivity contribution in [2.75, 3.05) is 0 Å². The number of carbonyl (C=O) groups excluding carboxylic acids is 1. The zero-order valence-corrected chi connectivity index (χ0v) is 9.65. The van der Waals surface area contributed by atoms with Gasteiger partial charge in [-0.15, -0.1) is 0 Å². The highest BCUT2D eigenvalue weighted by atomic mass is 19.4. The van der Waals surface area contributed by atoms with Crippen LogP contribution in [0.25, 0.3) is 0 Å². The third-order valence-corrected chi connectivity index (χ3v) is 3.41. The number of halogens is 3. The SMILES string of the molecule is O=C(c1cncnc1)C1CCC(C(F)(F)F)CC1. The molecule has 0 atom stereocenters. The van der Waals surface area contributed by atoms with Gasteiger partial charge >= 0.3 is 6.18 Å². The van der Waals surface area contributed by atoms with Crippen molar-refractivity contribution in [2.24, 2.45) is 11.8 Å². The first-order chi connectivity index (χ1) is 8.48. The maximum absolute atomic E-state index is 12.5. The van der Waals surface area contributed by atoms with Crippen molar-refractivity contribution in [3.05, 3.63) is 24.3 Å².